The topological polar surface area (TPSA) is 87.7 Å². The highest BCUT2D eigenvalue weighted by Gasteiger charge is 2.19. The van der Waals surface area contributed by atoms with E-state index in [9.17, 15) is 14.4 Å². The third kappa shape index (κ3) is 6.60. The highest BCUT2D eigenvalue weighted by Crippen LogP contribution is 2.28. The second-order valence-electron chi connectivity index (χ2n) is 6.72. The SMILES string of the molecule is CCC(NC(=O)c1ccc(CNC(C)=O)s1)c1ccccc1OCC(=O)N(C)C. The van der Waals surface area contributed by atoms with Crippen LogP contribution in [0.2, 0.25) is 0 Å². The van der Waals surface area contributed by atoms with Crippen molar-refractivity contribution in [3.8, 4) is 5.75 Å². The fourth-order valence-electron chi connectivity index (χ4n) is 2.60. The molecule has 1 heterocycles. The minimum atomic E-state index is -0.256. The summed E-state index contributed by atoms with van der Waals surface area (Å²) in [6.45, 7) is 3.77. The molecule has 0 radical (unpaired) electrons. The van der Waals surface area contributed by atoms with Gasteiger partial charge in [-0.15, -0.1) is 11.3 Å². The first-order chi connectivity index (χ1) is 13.8. The number of thiophene rings is 1. The molecular weight excluding hydrogens is 390 g/mol. The average molecular weight is 418 g/mol. The summed E-state index contributed by atoms with van der Waals surface area (Å²) in [7, 11) is 3.35. The first-order valence-electron chi connectivity index (χ1n) is 9.37. The number of ether oxygens (including phenoxy) is 1. The summed E-state index contributed by atoms with van der Waals surface area (Å²) in [4.78, 5) is 38.5. The van der Waals surface area contributed by atoms with Gasteiger partial charge in [0.05, 0.1) is 17.5 Å². The zero-order valence-corrected chi connectivity index (χ0v) is 18.0. The molecule has 7 nitrogen and oxygen atoms in total. The summed E-state index contributed by atoms with van der Waals surface area (Å²) in [6.07, 6.45) is 0.665. The first-order valence-corrected chi connectivity index (χ1v) is 10.2. The second kappa shape index (κ2) is 10.6. The molecule has 2 aromatic rings. The van der Waals surface area contributed by atoms with E-state index in [1.165, 1.54) is 23.2 Å². The standard InChI is InChI=1S/C21H27N3O4S/c1-5-17(16-8-6-7-9-18(16)28-13-20(26)24(3)4)23-21(27)19-11-10-15(29-19)12-22-14(2)25/h6-11,17H,5,12-13H2,1-4H3,(H,22,25)(H,23,27). The molecule has 2 N–H and O–H groups in total. The molecule has 0 spiro atoms. The Bertz CT molecular complexity index is 863. The third-order valence-corrected chi connectivity index (χ3v) is 5.34. The van der Waals surface area contributed by atoms with Crippen LogP contribution in [-0.2, 0) is 16.1 Å². The minimum absolute atomic E-state index is 0.0637. The zero-order valence-electron chi connectivity index (χ0n) is 17.2. The van der Waals surface area contributed by atoms with E-state index in [2.05, 4.69) is 10.6 Å². The molecule has 0 saturated carbocycles. The van der Waals surface area contributed by atoms with Crippen molar-refractivity contribution in [3.05, 3.63) is 51.7 Å². The van der Waals surface area contributed by atoms with E-state index >= 15 is 0 Å². The largest absolute Gasteiger partial charge is 0.483 e. The fraction of sp³-hybridized carbons (Fsp3) is 0.381. The van der Waals surface area contributed by atoms with Crippen LogP contribution < -0.4 is 15.4 Å². The van der Waals surface area contributed by atoms with Gasteiger partial charge in [-0.3, -0.25) is 14.4 Å². The summed E-state index contributed by atoms with van der Waals surface area (Å²) in [6, 6.07) is 10.7. The summed E-state index contributed by atoms with van der Waals surface area (Å²) in [5.41, 5.74) is 0.824. The molecule has 1 aromatic carbocycles. The van der Waals surface area contributed by atoms with Gasteiger partial charge < -0.3 is 20.3 Å². The van der Waals surface area contributed by atoms with Crippen LogP contribution in [0.15, 0.2) is 36.4 Å². The molecule has 0 saturated heterocycles. The molecule has 8 heteroatoms. The van der Waals surface area contributed by atoms with Crippen molar-refractivity contribution in [1.29, 1.82) is 0 Å². The van der Waals surface area contributed by atoms with Gasteiger partial charge in [-0.1, -0.05) is 25.1 Å². The lowest BCUT2D eigenvalue weighted by molar-refractivity contribution is -0.130. The van der Waals surface area contributed by atoms with E-state index in [-0.39, 0.29) is 30.4 Å². The Kier molecular flexibility index (Phi) is 8.21. The molecular formula is C21H27N3O4S. The Hall–Kier alpha value is -2.87. The predicted octanol–water partition coefficient (Wildman–Crippen LogP) is 2.73. The van der Waals surface area contributed by atoms with Crippen molar-refractivity contribution < 1.29 is 19.1 Å². The van der Waals surface area contributed by atoms with E-state index < -0.39 is 0 Å². The number of nitrogens with zero attached hydrogens (tertiary/aromatic N) is 1. The molecule has 1 unspecified atom stereocenters. The van der Waals surface area contributed by atoms with Crippen molar-refractivity contribution >= 4 is 29.1 Å². The minimum Gasteiger partial charge on any atom is -0.483 e. The van der Waals surface area contributed by atoms with E-state index in [0.717, 1.165) is 10.4 Å². The van der Waals surface area contributed by atoms with Crippen LogP contribution in [0.1, 0.15) is 46.4 Å². The second-order valence-corrected chi connectivity index (χ2v) is 7.89. The number of rotatable bonds is 9. The van der Waals surface area contributed by atoms with Crippen molar-refractivity contribution in [3.63, 3.8) is 0 Å². The van der Waals surface area contributed by atoms with Gasteiger partial charge >= 0.3 is 0 Å². The molecule has 2 rings (SSSR count). The molecule has 0 aliphatic rings. The molecule has 3 amide bonds. The molecule has 29 heavy (non-hydrogen) atoms. The molecule has 1 atom stereocenters. The maximum absolute atomic E-state index is 12.7. The number of nitrogens with one attached hydrogen (secondary N) is 2. The molecule has 0 aliphatic carbocycles. The van der Waals surface area contributed by atoms with Crippen molar-refractivity contribution in [2.45, 2.75) is 32.9 Å². The zero-order chi connectivity index (χ0) is 21.4. The van der Waals surface area contributed by atoms with Crippen LogP contribution in [0.25, 0.3) is 0 Å². The van der Waals surface area contributed by atoms with Crippen molar-refractivity contribution in [2.75, 3.05) is 20.7 Å². The van der Waals surface area contributed by atoms with Gasteiger partial charge in [0.1, 0.15) is 5.75 Å². The van der Waals surface area contributed by atoms with Gasteiger partial charge in [0.2, 0.25) is 5.91 Å². The Balaban J connectivity index is 2.09. The van der Waals surface area contributed by atoms with Crippen LogP contribution in [0, 0.1) is 0 Å². The number of likely N-dealkylation sites (N-methyl/N-ethyl adjacent to an activating group) is 1. The fourth-order valence-corrected chi connectivity index (χ4v) is 3.45. The Morgan fingerprint density at radius 2 is 1.86 bits per heavy atom. The van der Waals surface area contributed by atoms with E-state index in [4.69, 9.17) is 4.74 Å². The van der Waals surface area contributed by atoms with Crippen LogP contribution >= 0.6 is 11.3 Å². The molecule has 0 fully saturated rings. The van der Waals surface area contributed by atoms with Gasteiger partial charge in [0.15, 0.2) is 6.61 Å². The van der Waals surface area contributed by atoms with Crippen LogP contribution in [-0.4, -0.2) is 43.3 Å². The Morgan fingerprint density at radius 1 is 1.14 bits per heavy atom. The van der Waals surface area contributed by atoms with Gasteiger partial charge in [-0.05, 0) is 24.6 Å². The summed E-state index contributed by atoms with van der Waals surface area (Å²) >= 11 is 1.34. The highest BCUT2D eigenvalue weighted by molar-refractivity contribution is 7.14. The Labute approximate surface area is 175 Å². The average Bonchev–Trinajstić information content (AvgIpc) is 3.18. The van der Waals surface area contributed by atoms with Crippen LogP contribution in [0.3, 0.4) is 0 Å². The number of amides is 3. The third-order valence-electron chi connectivity index (χ3n) is 4.25. The monoisotopic (exact) mass is 417 g/mol. The predicted molar refractivity (Wildman–Crippen MR) is 113 cm³/mol. The lowest BCUT2D eigenvalue weighted by Crippen LogP contribution is -2.29. The van der Waals surface area contributed by atoms with Crippen molar-refractivity contribution in [1.82, 2.24) is 15.5 Å². The van der Waals surface area contributed by atoms with Crippen LogP contribution in [0.5, 0.6) is 5.75 Å². The quantitative estimate of drug-likeness (QED) is 0.657. The number of hydrogen-bond donors (Lipinski definition) is 2. The number of hydrogen-bond acceptors (Lipinski definition) is 5. The maximum Gasteiger partial charge on any atom is 0.261 e. The lowest BCUT2D eigenvalue weighted by Gasteiger charge is -2.21. The van der Waals surface area contributed by atoms with E-state index in [1.807, 2.05) is 31.2 Å². The normalized spacial score (nSPS) is 11.4. The summed E-state index contributed by atoms with van der Waals surface area (Å²) in [5, 5.41) is 5.76. The van der Waals surface area contributed by atoms with Crippen LogP contribution in [0.4, 0.5) is 0 Å². The Morgan fingerprint density at radius 3 is 2.52 bits per heavy atom. The summed E-state index contributed by atoms with van der Waals surface area (Å²) < 4.78 is 5.71. The van der Waals surface area contributed by atoms with Gasteiger partial charge in [0, 0.05) is 31.5 Å². The van der Waals surface area contributed by atoms with Gasteiger partial charge in [-0.25, -0.2) is 0 Å². The van der Waals surface area contributed by atoms with E-state index in [1.54, 1.807) is 26.2 Å². The molecule has 1 aromatic heterocycles. The molecule has 0 bridgehead atoms. The number of carbonyl (C=O) groups excluding carboxylic acids is 3. The lowest BCUT2D eigenvalue weighted by atomic mass is 10.0. The number of carbonyl (C=O) groups is 3. The number of benzene rings is 1. The van der Waals surface area contributed by atoms with Gasteiger partial charge in [0.25, 0.3) is 11.8 Å². The summed E-state index contributed by atoms with van der Waals surface area (Å²) in [5.74, 6) is 0.143. The molecule has 0 aliphatic heterocycles. The first kappa shape index (κ1) is 22.4. The van der Waals surface area contributed by atoms with Gasteiger partial charge in [-0.2, -0.15) is 0 Å². The number of para-hydroxylation sites is 1. The highest BCUT2D eigenvalue weighted by atomic mass is 32.1. The van der Waals surface area contributed by atoms with E-state index in [0.29, 0.717) is 23.6 Å². The smallest absolute Gasteiger partial charge is 0.261 e. The maximum atomic E-state index is 12.7. The molecule has 156 valence electrons. The van der Waals surface area contributed by atoms with Crippen molar-refractivity contribution in [2.24, 2.45) is 0 Å².